The summed E-state index contributed by atoms with van der Waals surface area (Å²) in [5.41, 5.74) is 5.44. The summed E-state index contributed by atoms with van der Waals surface area (Å²) in [6, 6.07) is -0.898. The zero-order valence-corrected chi connectivity index (χ0v) is 8.22. The van der Waals surface area contributed by atoms with E-state index in [1.54, 1.807) is 13.8 Å². The minimum atomic E-state index is -0.898. The molecule has 0 aromatic heterocycles. The maximum atomic E-state index is 11.0. The third kappa shape index (κ3) is 3.73. The van der Waals surface area contributed by atoms with Crippen molar-refractivity contribution in [2.75, 3.05) is 0 Å². The van der Waals surface area contributed by atoms with Gasteiger partial charge in [0.1, 0.15) is 6.04 Å². The van der Waals surface area contributed by atoms with E-state index < -0.39 is 22.7 Å². The highest BCUT2D eigenvalue weighted by molar-refractivity contribution is 7.81. The van der Waals surface area contributed by atoms with Gasteiger partial charge in [0.05, 0.1) is 0 Å². The SMILES string of the molecule is CC(=O)OC(=O)[C@@H](N)C(C)(C)S. The van der Waals surface area contributed by atoms with Crippen LogP contribution < -0.4 is 5.73 Å². The summed E-state index contributed by atoms with van der Waals surface area (Å²) in [7, 11) is 0. The Labute approximate surface area is 76.9 Å². The van der Waals surface area contributed by atoms with Crippen LogP contribution in [0.4, 0.5) is 0 Å². The van der Waals surface area contributed by atoms with E-state index in [1.807, 2.05) is 0 Å². The minimum absolute atomic E-state index is 0.659. The monoisotopic (exact) mass is 191 g/mol. The molecule has 0 saturated carbocycles. The molecule has 2 N–H and O–H groups in total. The van der Waals surface area contributed by atoms with E-state index in [0.29, 0.717) is 0 Å². The number of ether oxygens (including phenoxy) is 1. The van der Waals surface area contributed by atoms with Gasteiger partial charge in [-0.3, -0.25) is 4.79 Å². The summed E-state index contributed by atoms with van der Waals surface area (Å²) in [5, 5.41) is 0. The molecule has 0 spiro atoms. The standard InChI is InChI=1S/C7H13NO3S/c1-4(9)11-6(10)5(8)7(2,3)12/h5,12H,8H2,1-3H3/t5-/m1/s1. The van der Waals surface area contributed by atoms with E-state index in [9.17, 15) is 9.59 Å². The van der Waals surface area contributed by atoms with Crippen LogP contribution in [0.1, 0.15) is 20.8 Å². The van der Waals surface area contributed by atoms with Crippen molar-refractivity contribution in [2.45, 2.75) is 31.6 Å². The summed E-state index contributed by atoms with van der Waals surface area (Å²) in [5.74, 6) is -1.41. The number of hydrogen-bond donors (Lipinski definition) is 2. The van der Waals surface area contributed by atoms with Gasteiger partial charge in [-0.15, -0.1) is 0 Å². The van der Waals surface area contributed by atoms with E-state index >= 15 is 0 Å². The van der Waals surface area contributed by atoms with Crippen molar-refractivity contribution in [1.82, 2.24) is 0 Å². The molecule has 0 aliphatic heterocycles. The molecule has 0 rings (SSSR count). The average molecular weight is 191 g/mol. The lowest BCUT2D eigenvalue weighted by Gasteiger charge is -2.23. The molecule has 0 saturated heterocycles. The first-order valence-corrected chi connectivity index (χ1v) is 3.90. The van der Waals surface area contributed by atoms with Crippen LogP contribution in [0.2, 0.25) is 0 Å². The second-order valence-corrected chi connectivity index (χ2v) is 4.20. The lowest BCUT2D eigenvalue weighted by Crippen LogP contribution is -2.46. The number of carbonyl (C=O) groups excluding carboxylic acids is 2. The molecule has 5 heteroatoms. The highest BCUT2D eigenvalue weighted by Crippen LogP contribution is 2.16. The highest BCUT2D eigenvalue weighted by atomic mass is 32.1. The second-order valence-electron chi connectivity index (χ2n) is 3.04. The van der Waals surface area contributed by atoms with Gasteiger partial charge in [0.15, 0.2) is 0 Å². The summed E-state index contributed by atoms with van der Waals surface area (Å²) in [6.45, 7) is 4.49. The summed E-state index contributed by atoms with van der Waals surface area (Å²) < 4.78 is 3.60. The van der Waals surface area contributed by atoms with Gasteiger partial charge in [0, 0.05) is 11.7 Å². The number of nitrogens with two attached hydrogens (primary N) is 1. The van der Waals surface area contributed by atoms with Crippen molar-refractivity contribution in [3.8, 4) is 0 Å². The lowest BCUT2D eigenvalue weighted by molar-refractivity contribution is -0.159. The predicted octanol–water partition coefficient (Wildman–Crippen LogP) is 0.112. The van der Waals surface area contributed by atoms with E-state index in [-0.39, 0.29) is 0 Å². The minimum Gasteiger partial charge on any atom is -0.392 e. The Balaban J connectivity index is 4.21. The molecule has 0 radical (unpaired) electrons. The predicted molar refractivity (Wildman–Crippen MR) is 47.8 cm³/mol. The zero-order chi connectivity index (χ0) is 9.94. The number of rotatable bonds is 2. The molecule has 0 aromatic carbocycles. The van der Waals surface area contributed by atoms with Gasteiger partial charge in [-0.05, 0) is 13.8 Å². The summed E-state index contributed by atoms with van der Waals surface area (Å²) in [6.07, 6.45) is 0. The Kier molecular flexibility index (Phi) is 3.73. The van der Waals surface area contributed by atoms with Crippen molar-refractivity contribution < 1.29 is 14.3 Å². The molecule has 1 atom stereocenters. The fourth-order valence-corrected chi connectivity index (χ4v) is 0.599. The van der Waals surface area contributed by atoms with E-state index in [0.717, 1.165) is 6.92 Å². The Morgan fingerprint density at radius 3 is 2.17 bits per heavy atom. The fraction of sp³-hybridized carbons (Fsp3) is 0.714. The van der Waals surface area contributed by atoms with Gasteiger partial charge >= 0.3 is 11.9 Å². The highest BCUT2D eigenvalue weighted by Gasteiger charge is 2.30. The van der Waals surface area contributed by atoms with Crippen molar-refractivity contribution in [1.29, 1.82) is 0 Å². The van der Waals surface area contributed by atoms with Crippen LogP contribution in [0.5, 0.6) is 0 Å². The van der Waals surface area contributed by atoms with Gasteiger partial charge in [-0.2, -0.15) is 12.6 Å². The topological polar surface area (TPSA) is 69.4 Å². The van der Waals surface area contributed by atoms with Crippen LogP contribution in [0, 0.1) is 0 Å². The Morgan fingerprint density at radius 2 is 1.92 bits per heavy atom. The fourth-order valence-electron chi connectivity index (χ4n) is 0.494. The number of hydrogen-bond acceptors (Lipinski definition) is 5. The first-order chi connectivity index (χ1) is 5.25. The molecule has 0 fully saturated rings. The second kappa shape index (κ2) is 3.91. The van der Waals surface area contributed by atoms with Gasteiger partial charge in [0.2, 0.25) is 0 Å². The molecule has 0 aliphatic carbocycles. The molecule has 0 amide bonds. The van der Waals surface area contributed by atoms with Crippen LogP contribution >= 0.6 is 12.6 Å². The maximum absolute atomic E-state index is 11.0. The molecule has 12 heavy (non-hydrogen) atoms. The van der Waals surface area contributed by atoms with Gasteiger partial charge < -0.3 is 10.5 Å². The lowest BCUT2D eigenvalue weighted by atomic mass is 10.1. The maximum Gasteiger partial charge on any atom is 0.331 e. The zero-order valence-electron chi connectivity index (χ0n) is 7.33. The van der Waals surface area contributed by atoms with Crippen molar-refractivity contribution in [3.63, 3.8) is 0 Å². The molecule has 0 aromatic rings. The summed E-state index contributed by atoms with van der Waals surface area (Å²) >= 11 is 4.07. The van der Waals surface area contributed by atoms with Crippen molar-refractivity contribution in [2.24, 2.45) is 5.73 Å². The quantitative estimate of drug-likeness (QED) is 0.369. The number of thiol groups is 1. The molecular weight excluding hydrogens is 178 g/mol. The molecule has 0 bridgehead atoms. The largest absolute Gasteiger partial charge is 0.392 e. The molecule has 70 valence electrons. The van der Waals surface area contributed by atoms with Crippen LogP contribution in [0.15, 0.2) is 0 Å². The number of carbonyl (C=O) groups is 2. The van der Waals surface area contributed by atoms with Gasteiger partial charge in [0.25, 0.3) is 0 Å². The molecule has 0 unspecified atom stereocenters. The average Bonchev–Trinajstić information content (AvgIpc) is 1.82. The van der Waals surface area contributed by atoms with Crippen LogP contribution in [0.25, 0.3) is 0 Å². The third-order valence-corrected chi connectivity index (χ3v) is 1.54. The number of esters is 2. The van der Waals surface area contributed by atoms with Crippen molar-refractivity contribution in [3.05, 3.63) is 0 Å². The molecule has 4 nitrogen and oxygen atoms in total. The van der Waals surface area contributed by atoms with E-state index in [1.165, 1.54) is 0 Å². The van der Waals surface area contributed by atoms with Gasteiger partial charge in [-0.1, -0.05) is 0 Å². The van der Waals surface area contributed by atoms with Crippen LogP contribution in [0.3, 0.4) is 0 Å². The van der Waals surface area contributed by atoms with E-state index in [4.69, 9.17) is 5.73 Å². The molecular formula is C7H13NO3S. The van der Waals surface area contributed by atoms with Crippen LogP contribution in [-0.4, -0.2) is 22.7 Å². The smallest absolute Gasteiger partial charge is 0.331 e. The third-order valence-electron chi connectivity index (χ3n) is 1.26. The Morgan fingerprint density at radius 1 is 1.50 bits per heavy atom. The summed E-state index contributed by atoms with van der Waals surface area (Å²) in [4.78, 5) is 21.3. The van der Waals surface area contributed by atoms with Crippen molar-refractivity contribution >= 4 is 24.6 Å². The van der Waals surface area contributed by atoms with Gasteiger partial charge in [-0.25, -0.2) is 4.79 Å². The first-order valence-electron chi connectivity index (χ1n) is 3.45. The molecule has 0 heterocycles. The van der Waals surface area contributed by atoms with E-state index in [2.05, 4.69) is 17.4 Å². The Bertz CT molecular complexity index is 197. The van der Waals surface area contributed by atoms with Crippen LogP contribution in [-0.2, 0) is 14.3 Å². The Hall–Kier alpha value is -0.550. The first kappa shape index (κ1) is 11.4. The molecule has 0 aliphatic rings. The normalized spacial score (nSPS) is 13.8.